The SMILES string of the molecule is CC1CCC(c2ccc(-c3ccc(C#Cc4ccc(F)cc4)cc3)cc2)CC1. The molecule has 0 heterocycles. The number of hydrogen-bond acceptors (Lipinski definition) is 0. The lowest BCUT2D eigenvalue weighted by Crippen LogP contribution is -2.10. The third-order valence-corrected chi connectivity index (χ3v) is 5.81. The molecule has 3 aromatic carbocycles. The maximum absolute atomic E-state index is 13.0. The van der Waals surface area contributed by atoms with Crippen molar-refractivity contribution < 1.29 is 4.39 Å². The molecule has 1 aliphatic rings. The van der Waals surface area contributed by atoms with Crippen molar-refractivity contribution in [3.8, 4) is 23.0 Å². The fourth-order valence-corrected chi connectivity index (χ4v) is 3.96. The van der Waals surface area contributed by atoms with E-state index in [1.165, 1.54) is 54.5 Å². The van der Waals surface area contributed by atoms with Gasteiger partial charge in [0.2, 0.25) is 0 Å². The smallest absolute Gasteiger partial charge is 0.123 e. The van der Waals surface area contributed by atoms with Crippen LogP contribution in [0.5, 0.6) is 0 Å². The summed E-state index contributed by atoms with van der Waals surface area (Å²) < 4.78 is 13.0. The lowest BCUT2D eigenvalue weighted by Gasteiger charge is -2.26. The average Bonchev–Trinajstić information content (AvgIpc) is 2.74. The highest BCUT2D eigenvalue weighted by atomic mass is 19.1. The molecular weight excluding hydrogens is 343 g/mol. The molecule has 0 aromatic heterocycles. The van der Waals surface area contributed by atoms with Crippen LogP contribution in [0.3, 0.4) is 0 Å². The van der Waals surface area contributed by atoms with Gasteiger partial charge in [0.15, 0.2) is 0 Å². The molecule has 0 aliphatic heterocycles. The predicted octanol–water partition coefficient (Wildman–Crippen LogP) is 7.19. The second-order valence-corrected chi connectivity index (χ2v) is 7.91. The quantitative estimate of drug-likeness (QED) is 0.420. The summed E-state index contributed by atoms with van der Waals surface area (Å²) in [6, 6.07) is 23.7. The van der Waals surface area contributed by atoms with Crippen molar-refractivity contribution in [2.45, 2.75) is 38.5 Å². The van der Waals surface area contributed by atoms with Gasteiger partial charge in [-0.15, -0.1) is 0 Å². The molecule has 0 amide bonds. The van der Waals surface area contributed by atoms with Crippen molar-refractivity contribution in [3.63, 3.8) is 0 Å². The lowest BCUT2D eigenvalue weighted by atomic mass is 9.79. The number of rotatable bonds is 2. The first kappa shape index (κ1) is 18.5. The molecule has 1 aliphatic carbocycles. The maximum atomic E-state index is 13.0. The summed E-state index contributed by atoms with van der Waals surface area (Å²) >= 11 is 0. The van der Waals surface area contributed by atoms with Gasteiger partial charge in [-0.2, -0.15) is 0 Å². The van der Waals surface area contributed by atoms with Gasteiger partial charge in [-0.1, -0.05) is 68.0 Å². The first-order chi connectivity index (χ1) is 13.7. The first-order valence-corrected chi connectivity index (χ1v) is 10.2. The Bertz CT molecular complexity index is 962. The summed E-state index contributed by atoms with van der Waals surface area (Å²) in [4.78, 5) is 0. The first-order valence-electron chi connectivity index (χ1n) is 10.2. The number of halogens is 1. The summed E-state index contributed by atoms with van der Waals surface area (Å²) in [7, 11) is 0. The Morgan fingerprint density at radius 2 is 1.11 bits per heavy atom. The third kappa shape index (κ3) is 4.52. The van der Waals surface area contributed by atoms with Crippen molar-refractivity contribution >= 4 is 0 Å². The van der Waals surface area contributed by atoms with Gasteiger partial charge in [-0.05, 0) is 77.8 Å². The highest BCUT2D eigenvalue weighted by Gasteiger charge is 2.19. The van der Waals surface area contributed by atoms with Crippen molar-refractivity contribution in [3.05, 3.63) is 95.3 Å². The summed E-state index contributed by atoms with van der Waals surface area (Å²) in [6.45, 7) is 2.37. The van der Waals surface area contributed by atoms with E-state index in [4.69, 9.17) is 0 Å². The van der Waals surface area contributed by atoms with Gasteiger partial charge in [0, 0.05) is 11.1 Å². The Morgan fingerprint density at radius 1 is 0.643 bits per heavy atom. The van der Waals surface area contributed by atoms with E-state index in [1.807, 2.05) is 12.1 Å². The monoisotopic (exact) mass is 368 g/mol. The van der Waals surface area contributed by atoms with E-state index in [1.54, 1.807) is 12.1 Å². The van der Waals surface area contributed by atoms with Gasteiger partial charge in [0.05, 0.1) is 0 Å². The van der Waals surface area contributed by atoms with Crippen molar-refractivity contribution in [2.75, 3.05) is 0 Å². The Kier molecular flexibility index (Phi) is 5.58. The zero-order valence-corrected chi connectivity index (χ0v) is 16.3. The van der Waals surface area contributed by atoms with E-state index in [0.717, 1.165) is 23.0 Å². The van der Waals surface area contributed by atoms with E-state index >= 15 is 0 Å². The van der Waals surface area contributed by atoms with Crippen LogP contribution >= 0.6 is 0 Å². The van der Waals surface area contributed by atoms with Crippen LogP contribution in [0, 0.1) is 23.6 Å². The molecule has 0 atom stereocenters. The summed E-state index contributed by atoms with van der Waals surface area (Å²) in [6.07, 6.45) is 5.35. The number of benzene rings is 3. The Morgan fingerprint density at radius 3 is 1.64 bits per heavy atom. The molecule has 0 bridgehead atoms. The molecule has 1 saturated carbocycles. The molecule has 1 fully saturated rings. The molecule has 0 spiro atoms. The van der Waals surface area contributed by atoms with Crippen molar-refractivity contribution in [1.29, 1.82) is 0 Å². The van der Waals surface area contributed by atoms with E-state index < -0.39 is 0 Å². The molecule has 28 heavy (non-hydrogen) atoms. The average molecular weight is 368 g/mol. The number of hydrogen-bond donors (Lipinski definition) is 0. The summed E-state index contributed by atoms with van der Waals surface area (Å²) in [5.41, 5.74) is 5.71. The van der Waals surface area contributed by atoms with Crippen LogP contribution in [0.1, 0.15) is 55.2 Å². The highest BCUT2D eigenvalue weighted by Crippen LogP contribution is 2.36. The molecule has 0 N–H and O–H groups in total. The lowest BCUT2D eigenvalue weighted by molar-refractivity contribution is 0.348. The normalized spacial score (nSPS) is 18.9. The molecular formula is C27H25F. The van der Waals surface area contributed by atoms with E-state index in [9.17, 15) is 4.39 Å². The zero-order valence-electron chi connectivity index (χ0n) is 16.3. The molecule has 0 radical (unpaired) electrons. The molecule has 1 heteroatoms. The van der Waals surface area contributed by atoms with Crippen LogP contribution in [0.2, 0.25) is 0 Å². The Balaban J connectivity index is 1.44. The van der Waals surface area contributed by atoms with E-state index in [-0.39, 0.29) is 5.82 Å². The minimum absolute atomic E-state index is 0.237. The molecule has 3 aromatic rings. The van der Waals surface area contributed by atoms with Gasteiger partial charge in [-0.25, -0.2) is 4.39 Å². The molecule has 0 unspecified atom stereocenters. The van der Waals surface area contributed by atoms with Gasteiger partial charge in [0.25, 0.3) is 0 Å². The zero-order chi connectivity index (χ0) is 19.3. The molecule has 140 valence electrons. The Hall–Kier alpha value is -2.85. The molecule has 0 nitrogen and oxygen atoms in total. The van der Waals surface area contributed by atoms with Gasteiger partial charge >= 0.3 is 0 Å². The largest absolute Gasteiger partial charge is 0.207 e. The van der Waals surface area contributed by atoms with Crippen molar-refractivity contribution in [2.24, 2.45) is 5.92 Å². The predicted molar refractivity (Wildman–Crippen MR) is 115 cm³/mol. The van der Waals surface area contributed by atoms with Crippen molar-refractivity contribution in [1.82, 2.24) is 0 Å². The second kappa shape index (κ2) is 8.44. The van der Waals surface area contributed by atoms with Crippen LogP contribution in [-0.4, -0.2) is 0 Å². The summed E-state index contributed by atoms with van der Waals surface area (Å²) in [5.74, 6) is 7.60. The van der Waals surface area contributed by atoms with Crippen LogP contribution < -0.4 is 0 Å². The van der Waals surface area contributed by atoms with E-state index in [2.05, 4.69) is 55.2 Å². The summed E-state index contributed by atoms with van der Waals surface area (Å²) in [5, 5.41) is 0. The van der Waals surface area contributed by atoms with Crippen LogP contribution in [0.15, 0.2) is 72.8 Å². The standard InChI is InChI=1S/C27H25F/c1-20-2-10-23(11-3-20)25-14-16-26(17-15-25)24-12-6-21(7-13-24)4-5-22-8-18-27(28)19-9-22/h6-9,12-20,23H,2-3,10-11H2,1H3. The fourth-order valence-electron chi connectivity index (χ4n) is 3.96. The maximum Gasteiger partial charge on any atom is 0.123 e. The highest BCUT2D eigenvalue weighted by molar-refractivity contribution is 5.65. The third-order valence-electron chi connectivity index (χ3n) is 5.81. The molecule has 4 rings (SSSR count). The molecule has 0 saturated heterocycles. The van der Waals surface area contributed by atoms with Gasteiger partial charge in [0.1, 0.15) is 5.82 Å². The Labute approximate surface area is 167 Å². The van der Waals surface area contributed by atoms with Crippen LogP contribution in [0.4, 0.5) is 4.39 Å². The van der Waals surface area contributed by atoms with Gasteiger partial charge < -0.3 is 0 Å². The topological polar surface area (TPSA) is 0 Å². The minimum atomic E-state index is -0.237. The second-order valence-electron chi connectivity index (χ2n) is 7.91. The van der Waals surface area contributed by atoms with Crippen LogP contribution in [-0.2, 0) is 0 Å². The van der Waals surface area contributed by atoms with Gasteiger partial charge in [-0.3, -0.25) is 0 Å². The fraction of sp³-hybridized carbons (Fsp3) is 0.259. The minimum Gasteiger partial charge on any atom is -0.207 e. The van der Waals surface area contributed by atoms with Crippen LogP contribution in [0.25, 0.3) is 11.1 Å². The van der Waals surface area contributed by atoms with E-state index in [0.29, 0.717) is 0 Å².